The number of ether oxygens (including phenoxy) is 1. The minimum absolute atomic E-state index is 0.0708. The van der Waals surface area contributed by atoms with Crippen LogP contribution in [0.4, 0.5) is 0 Å². The van der Waals surface area contributed by atoms with Crippen LogP contribution in [0.25, 0.3) is 5.03 Å². The van der Waals surface area contributed by atoms with Gasteiger partial charge in [0, 0.05) is 30.0 Å². The zero-order valence-electron chi connectivity index (χ0n) is 12.0. The van der Waals surface area contributed by atoms with E-state index in [1.165, 1.54) is 7.11 Å². The number of nitrogens with zero attached hydrogens (tertiary/aromatic N) is 2. The molecule has 1 rings (SSSR count). The van der Waals surface area contributed by atoms with Crippen LogP contribution in [0.1, 0.15) is 32.0 Å². The molecule has 106 valence electrons. The van der Waals surface area contributed by atoms with Crippen molar-refractivity contribution in [2.75, 3.05) is 13.7 Å². The van der Waals surface area contributed by atoms with Gasteiger partial charge in [0.2, 0.25) is 0 Å². The molecule has 0 fully saturated rings. The topological polar surface area (TPSA) is 63.0 Å². The first-order valence-electron chi connectivity index (χ1n) is 6.10. The van der Waals surface area contributed by atoms with Crippen molar-refractivity contribution in [3.05, 3.63) is 35.2 Å². The van der Waals surface area contributed by atoms with Gasteiger partial charge in [-0.05, 0) is 6.07 Å². The summed E-state index contributed by atoms with van der Waals surface area (Å²) < 4.78 is 4.73. The van der Waals surface area contributed by atoms with E-state index in [4.69, 9.17) is 21.6 Å². The number of hydrogen-bond donors (Lipinski definition) is 0. The van der Waals surface area contributed by atoms with Crippen molar-refractivity contribution in [1.29, 1.82) is 5.26 Å². The van der Waals surface area contributed by atoms with E-state index in [1.807, 2.05) is 12.1 Å². The van der Waals surface area contributed by atoms with Gasteiger partial charge in [-0.3, -0.25) is 9.78 Å². The van der Waals surface area contributed by atoms with Gasteiger partial charge in [-0.2, -0.15) is 5.26 Å². The SMILES string of the molecule is COCC(=O)/C(C#N)=C(/Cl)c1ccc(C(C)(C)C)nc1. The van der Waals surface area contributed by atoms with E-state index in [0.29, 0.717) is 5.56 Å². The van der Waals surface area contributed by atoms with Crippen LogP contribution in [0.5, 0.6) is 0 Å². The molecule has 0 saturated heterocycles. The third-order valence-electron chi connectivity index (χ3n) is 2.67. The van der Waals surface area contributed by atoms with Crippen molar-refractivity contribution in [3.63, 3.8) is 0 Å². The minimum atomic E-state index is -0.445. The minimum Gasteiger partial charge on any atom is -0.377 e. The van der Waals surface area contributed by atoms with Crippen molar-refractivity contribution < 1.29 is 9.53 Å². The Morgan fingerprint density at radius 3 is 2.50 bits per heavy atom. The van der Waals surface area contributed by atoms with Crippen LogP contribution in [0, 0.1) is 11.3 Å². The van der Waals surface area contributed by atoms with E-state index >= 15 is 0 Å². The highest BCUT2D eigenvalue weighted by molar-refractivity contribution is 6.51. The van der Waals surface area contributed by atoms with Gasteiger partial charge in [0.15, 0.2) is 5.78 Å². The summed E-state index contributed by atoms with van der Waals surface area (Å²) in [5.74, 6) is -0.445. The fourth-order valence-electron chi connectivity index (χ4n) is 1.55. The zero-order valence-corrected chi connectivity index (χ0v) is 12.8. The van der Waals surface area contributed by atoms with Gasteiger partial charge in [0.05, 0.1) is 5.03 Å². The van der Waals surface area contributed by atoms with Crippen LogP contribution in [0.3, 0.4) is 0 Å². The van der Waals surface area contributed by atoms with E-state index in [2.05, 4.69) is 25.8 Å². The second kappa shape index (κ2) is 6.65. The van der Waals surface area contributed by atoms with Gasteiger partial charge in [0.25, 0.3) is 0 Å². The first-order valence-corrected chi connectivity index (χ1v) is 6.48. The molecule has 1 aromatic rings. The number of rotatable bonds is 4. The molecule has 0 unspecified atom stereocenters. The summed E-state index contributed by atoms with van der Waals surface area (Å²) in [7, 11) is 1.39. The van der Waals surface area contributed by atoms with Crippen LogP contribution in [-0.4, -0.2) is 24.5 Å². The number of aromatic nitrogens is 1. The van der Waals surface area contributed by atoms with Gasteiger partial charge in [0.1, 0.15) is 18.2 Å². The molecule has 0 amide bonds. The van der Waals surface area contributed by atoms with E-state index in [1.54, 1.807) is 12.3 Å². The molecular formula is C15H17ClN2O2. The van der Waals surface area contributed by atoms with Crippen molar-refractivity contribution >= 4 is 22.4 Å². The van der Waals surface area contributed by atoms with Crippen molar-refractivity contribution in [1.82, 2.24) is 4.98 Å². The molecule has 0 bridgehead atoms. The molecule has 0 aromatic carbocycles. The van der Waals surface area contributed by atoms with Crippen molar-refractivity contribution in [2.24, 2.45) is 0 Å². The summed E-state index contributed by atoms with van der Waals surface area (Å²) in [5, 5.41) is 9.15. The maximum Gasteiger partial charge on any atom is 0.200 e. The Morgan fingerprint density at radius 2 is 2.10 bits per heavy atom. The fourth-order valence-corrected chi connectivity index (χ4v) is 1.81. The number of nitriles is 1. The van der Waals surface area contributed by atoms with Gasteiger partial charge in [-0.1, -0.05) is 38.4 Å². The predicted molar refractivity (Wildman–Crippen MR) is 78.2 cm³/mol. The summed E-state index contributed by atoms with van der Waals surface area (Å²) >= 11 is 6.11. The number of Topliss-reactive ketones (excluding diaryl/α,β-unsaturated/α-hetero) is 1. The maximum absolute atomic E-state index is 11.7. The van der Waals surface area contributed by atoms with Crippen LogP contribution in [0.2, 0.25) is 0 Å². The lowest BCUT2D eigenvalue weighted by atomic mass is 9.91. The molecule has 0 atom stereocenters. The Bertz CT molecular complexity index is 563. The van der Waals surface area contributed by atoms with E-state index in [-0.39, 0.29) is 22.6 Å². The zero-order chi connectivity index (χ0) is 15.3. The molecular weight excluding hydrogens is 276 g/mol. The van der Waals surface area contributed by atoms with E-state index in [9.17, 15) is 4.79 Å². The molecule has 0 aliphatic rings. The Hall–Kier alpha value is -1.70. The molecule has 20 heavy (non-hydrogen) atoms. The first kappa shape index (κ1) is 16.4. The van der Waals surface area contributed by atoms with Crippen LogP contribution >= 0.6 is 11.6 Å². The Balaban J connectivity index is 3.16. The highest BCUT2D eigenvalue weighted by Crippen LogP contribution is 2.26. The summed E-state index contributed by atoms with van der Waals surface area (Å²) in [6, 6.07) is 5.42. The monoisotopic (exact) mass is 292 g/mol. The lowest BCUT2D eigenvalue weighted by Crippen LogP contribution is -2.13. The summed E-state index contributed by atoms with van der Waals surface area (Å²) in [6.07, 6.45) is 1.57. The molecule has 0 spiro atoms. The lowest BCUT2D eigenvalue weighted by Gasteiger charge is -2.17. The molecule has 1 aromatic heterocycles. The Labute approximate surface area is 124 Å². The van der Waals surface area contributed by atoms with Gasteiger partial charge >= 0.3 is 0 Å². The molecule has 1 heterocycles. The lowest BCUT2D eigenvalue weighted by molar-refractivity contribution is -0.118. The highest BCUT2D eigenvalue weighted by Gasteiger charge is 2.18. The first-order chi connectivity index (χ1) is 9.31. The quantitative estimate of drug-likeness (QED) is 0.632. The number of halogens is 1. The van der Waals surface area contributed by atoms with Gasteiger partial charge < -0.3 is 4.74 Å². The second-order valence-corrected chi connectivity index (χ2v) is 5.72. The second-order valence-electron chi connectivity index (χ2n) is 5.34. The number of methoxy groups -OCH3 is 1. The average Bonchev–Trinajstić information content (AvgIpc) is 2.39. The molecule has 0 aliphatic carbocycles. The van der Waals surface area contributed by atoms with Crippen LogP contribution < -0.4 is 0 Å². The normalized spacial score (nSPS) is 12.6. The molecule has 0 aliphatic heterocycles. The Kier molecular flexibility index (Phi) is 5.43. The third-order valence-corrected chi connectivity index (χ3v) is 3.08. The number of pyridine rings is 1. The standard InChI is InChI=1S/C15H17ClN2O2/c1-15(2,3)13-6-5-10(8-18-13)14(16)11(7-17)12(19)9-20-4/h5-6,8H,9H2,1-4H3/b14-11+. The smallest absolute Gasteiger partial charge is 0.200 e. The third kappa shape index (κ3) is 3.89. The predicted octanol–water partition coefficient (Wildman–Crippen LogP) is 3.07. The largest absolute Gasteiger partial charge is 0.377 e. The van der Waals surface area contributed by atoms with Gasteiger partial charge in [-0.15, -0.1) is 0 Å². The van der Waals surface area contributed by atoms with E-state index in [0.717, 1.165) is 5.69 Å². The maximum atomic E-state index is 11.7. The summed E-state index contributed by atoms with van der Waals surface area (Å²) in [4.78, 5) is 16.0. The molecule has 5 heteroatoms. The Morgan fingerprint density at radius 1 is 1.45 bits per heavy atom. The van der Waals surface area contributed by atoms with E-state index < -0.39 is 5.78 Å². The molecule has 0 radical (unpaired) electrons. The fraction of sp³-hybridized carbons (Fsp3) is 0.400. The van der Waals surface area contributed by atoms with Crippen LogP contribution in [0.15, 0.2) is 23.9 Å². The average molecular weight is 293 g/mol. The van der Waals surface area contributed by atoms with Crippen molar-refractivity contribution in [2.45, 2.75) is 26.2 Å². The highest BCUT2D eigenvalue weighted by atomic mass is 35.5. The number of carbonyl (C=O) groups excluding carboxylic acids is 1. The summed E-state index contributed by atoms with van der Waals surface area (Å²) in [6.45, 7) is 5.98. The number of carbonyl (C=O) groups is 1. The number of ketones is 1. The van der Waals surface area contributed by atoms with Gasteiger partial charge in [-0.25, -0.2) is 0 Å². The number of hydrogen-bond acceptors (Lipinski definition) is 4. The molecule has 0 saturated carbocycles. The van der Waals surface area contributed by atoms with Crippen molar-refractivity contribution in [3.8, 4) is 6.07 Å². The summed E-state index contributed by atoms with van der Waals surface area (Å²) in [5.41, 5.74) is 1.27. The molecule has 4 nitrogen and oxygen atoms in total. The molecule has 0 N–H and O–H groups in total. The van der Waals surface area contributed by atoms with Crippen LogP contribution in [-0.2, 0) is 14.9 Å².